The Kier molecular flexibility index (Phi) is 4.26. The van der Waals surface area contributed by atoms with E-state index in [4.69, 9.17) is 16.2 Å². The first kappa shape index (κ1) is 15.7. The number of rotatable bonds is 5. The monoisotopic (exact) mass is 324 g/mol. The highest BCUT2D eigenvalue weighted by molar-refractivity contribution is 5.96. The van der Waals surface area contributed by atoms with Gasteiger partial charge in [-0.1, -0.05) is 18.2 Å². The predicted octanol–water partition coefficient (Wildman–Crippen LogP) is 1.14. The number of fused-ring (bicyclic) bond motifs is 1. The molecule has 1 amide bonds. The first-order chi connectivity index (χ1) is 11.6. The lowest BCUT2D eigenvalue weighted by Crippen LogP contribution is -2.36. The van der Waals surface area contributed by atoms with Crippen LogP contribution in [0.5, 0.6) is 5.88 Å². The number of aromatic nitrogens is 2. The van der Waals surface area contributed by atoms with Gasteiger partial charge in [0.05, 0.1) is 0 Å². The molecule has 0 fully saturated rings. The number of hydrogen-bond acceptors (Lipinski definition) is 5. The Morgan fingerprint density at radius 3 is 2.79 bits per heavy atom. The Morgan fingerprint density at radius 2 is 2.00 bits per heavy atom. The minimum atomic E-state index is -0.896. The SMILES string of the molecule is NC(=O)c1cccnc1OC(=O)C(N)Cc1c[nH]c2ccccc12. The molecule has 1 atom stereocenters. The number of benzene rings is 1. The lowest BCUT2D eigenvalue weighted by atomic mass is 10.1. The van der Waals surface area contributed by atoms with Crippen LogP contribution in [0.4, 0.5) is 0 Å². The van der Waals surface area contributed by atoms with E-state index in [-0.39, 0.29) is 11.4 Å². The van der Waals surface area contributed by atoms with Crippen molar-refractivity contribution in [1.82, 2.24) is 9.97 Å². The zero-order chi connectivity index (χ0) is 17.1. The molecular formula is C17H16N4O3. The number of amides is 1. The normalized spacial score (nSPS) is 12.0. The highest BCUT2D eigenvalue weighted by atomic mass is 16.5. The molecule has 3 rings (SSSR count). The maximum Gasteiger partial charge on any atom is 0.330 e. The van der Waals surface area contributed by atoms with E-state index in [0.29, 0.717) is 6.42 Å². The fourth-order valence-electron chi connectivity index (χ4n) is 2.45. The molecule has 0 spiro atoms. The Labute approximate surface area is 137 Å². The lowest BCUT2D eigenvalue weighted by Gasteiger charge is -2.11. The fourth-order valence-corrected chi connectivity index (χ4v) is 2.45. The van der Waals surface area contributed by atoms with E-state index in [1.54, 1.807) is 0 Å². The summed E-state index contributed by atoms with van der Waals surface area (Å²) in [6.45, 7) is 0. The van der Waals surface area contributed by atoms with E-state index in [2.05, 4.69) is 9.97 Å². The van der Waals surface area contributed by atoms with Crippen LogP contribution in [0.15, 0.2) is 48.8 Å². The zero-order valence-electron chi connectivity index (χ0n) is 12.7. The summed E-state index contributed by atoms with van der Waals surface area (Å²) >= 11 is 0. The first-order valence-electron chi connectivity index (χ1n) is 7.33. The summed E-state index contributed by atoms with van der Waals surface area (Å²) in [5.74, 6) is -1.54. The summed E-state index contributed by atoms with van der Waals surface area (Å²) in [4.78, 5) is 30.5. The molecule has 0 aliphatic rings. The van der Waals surface area contributed by atoms with Crippen molar-refractivity contribution in [2.24, 2.45) is 11.5 Å². The van der Waals surface area contributed by atoms with Crippen LogP contribution in [0.1, 0.15) is 15.9 Å². The Bertz CT molecular complexity index is 903. The van der Waals surface area contributed by atoms with Crippen molar-refractivity contribution >= 4 is 22.8 Å². The topological polar surface area (TPSA) is 124 Å². The quantitative estimate of drug-likeness (QED) is 0.607. The van der Waals surface area contributed by atoms with Crippen molar-refractivity contribution in [2.75, 3.05) is 0 Å². The van der Waals surface area contributed by atoms with Gasteiger partial charge < -0.3 is 21.2 Å². The summed E-state index contributed by atoms with van der Waals surface area (Å²) in [5, 5.41) is 0.997. The molecule has 0 aliphatic heterocycles. The van der Waals surface area contributed by atoms with Gasteiger partial charge in [-0.25, -0.2) is 9.78 Å². The van der Waals surface area contributed by atoms with Crippen LogP contribution in [-0.2, 0) is 11.2 Å². The van der Waals surface area contributed by atoms with Crippen molar-refractivity contribution in [2.45, 2.75) is 12.5 Å². The molecule has 2 heterocycles. The second kappa shape index (κ2) is 6.51. The summed E-state index contributed by atoms with van der Waals surface area (Å²) < 4.78 is 5.14. The van der Waals surface area contributed by atoms with Gasteiger partial charge in [-0.15, -0.1) is 0 Å². The molecular weight excluding hydrogens is 308 g/mol. The van der Waals surface area contributed by atoms with Crippen LogP contribution in [0, 0.1) is 0 Å². The average Bonchev–Trinajstić information content (AvgIpc) is 2.98. The smallest absolute Gasteiger partial charge is 0.330 e. The number of carbonyl (C=O) groups is 2. The number of esters is 1. The molecule has 7 heteroatoms. The molecule has 0 aliphatic carbocycles. The molecule has 0 bridgehead atoms. The maximum absolute atomic E-state index is 12.2. The van der Waals surface area contributed by atoms with Crippen molar-refractivity contribution in [3.8, 4) is 5.88 Å². The molecule has 3 aromatic rings. The minimum absolute atomic E-state index is 0.0325. The number of ether oxygens (including phenoxy) is 1. The van der Waals surface area contributed by atoms with E-state index in [9.17, 15) is 9.59 Å². The number of H-pyrrole nitrogens is 1. The van der Waals surface area contributed by atoms with Crippen LogP contribution < -0.4 is 16.2 Å². The number of hydrogen-bond donors (Lipinski definition) is 3. The van der Waals surface area contributed by atoms with Gasteiger partial charge >= 0.3 is 5.97 Å². The predicted molar refractivity (Wildman–Crippen MR) is 88.4 cm³/mol. The van der Waals surface area contributed by atoms with E-state index in [1.807, 2.05) is 30.5 Å². The van der Waals surface area contributed by atoms with Crippen molar-refractivity contribution in [1.29, 1.82) is 0 Å². The summed E-state index contributed by atoms with van der Waals surface area (Å²) in [7, 11) is 0. The maximum atomic E-state index is 12.2. The largest absolute Gasteiger partial charge is 0.405 e. The van der Waals surface area contributed by atoms with Crippen LogP contribution in [0.25, 0.3) is 10.9 Å². The molecule has 0 radical (unpaired) electrons. The molecule has 0 saturated heterocycles. The summed E-state index contributed by atoms with van der Waals surface area (Å²) in [5.41, 5.74) is 13.1. The first-order valence-corrected chi connectivity index (χ1v) is 7.33. The highest BCUT2D eigenvalue weighted by Gasteiger charge is 2.21. The molecule has 122 valence electrons. The number of nitrogens with one attached hydrogen (secondary N) is 1. The van der Waals surface area contributed by atoms with Crippen molar-refractivity contribution in [3.63, 3.8) is 0 Å². The Hall–Kier alpha value is -3.19. The molecule has 2 aromatic heterocycles. The van der Waals surface area contributed by atoms with Gasteiger partial charge in [0.25, 0.3) is 5.91 Å². The minimum Gasteiger partial charge on any atom is -0.405 e. The number of nitrogens with zero attached hydrogens (tertiary/aromatic N) is 1. The fraction of sp³-hybridized carbons (Fsp3) is 0.118. The van der Waals surface area contributed by atoms with E-state index >= 15 is 0 Å². The zero-order valence-corrected chi connectivity index (χ0v) is 12.7. The average molecular weight is 324 g/mol. The number of para-hydroxylation sites is 1. The third kappa shape index (κ3) is 3.11. The standard InChI is InChI=1S/C17H16N4O3/c18-13(8-10-9-21-14-6-2-1-4-11(10)14)17(23)24-16-12(15(19)22)5-3-7-20-16/h1-7,9,13,21H,8,18H2,(H2,19,22). The highest BCUT2D eigenvalue weighted by Crippen LogP contribution is 2.19. The number of nitrogens with two attached hydrogens (primary N) is 2. The van der Waals surface area contributed by atoms with Crippen LogP contribution in [0.2, 0.25) is 0 Å². The Balaban J connectivity index is 1.75. The third-order valence-electron chi connectivity index (χ3n) is 3.65. The summed E-state index contributed by atoms with van der Waals surface area (Å²) in [6, 6.07) is 9.79. The molecule has 1 aromatic carbocycles. The van der Waals surface area contributed by atoms with Crippen molar-refractivity contribution < 1.29 is 14.3 Å². The van der Waals surface area contributed by atoms with Gasteiger partial charge in [-0.3, -0.25) is 4.79 Å². The van der Waals surface area contributed by atoms with E-state index < -0.39 is 17.9 Å². The van der Waals surface area contributed by atoms with Gasteiger partial charge in [0, 0.05) is 29.7 Å². The van der Waals surface area contributed by atoms with Crippen LogP contribution in [0.3, 0.4) is 0 Å². The van der Waals surface area contributed by atoms with Gasteiger partial charge in [-0.2, -0.15) is 0 Å². The van der Waals surface area contributed by atoms with E-state index in [0.717, 1.165) is 16.5 Å². The molecule has 1 unspecified atom stereocenters. The molecule has 5 N–H and O–H groups in total. The van der Waals surface area contributed by atoms with E-state index in [1.165, 1.54) is 18.3 Å². The van der Waals surface area contributed by atoms with Gasteiger partial charge in [0.1, 0.15) is 11.6 Å². The molecule has 24 heavy (non-hydrogen) atoms. The Morgan fingerprint density at radius 1 is 1.21 bits per heavy atom. The number of carbonyl (C=O) groups excluding carboxylic acids is 2. The summed E-state index contributed by atoms with van der Waals surface area (Å²) in [6.07, 6.45) is 3.51. The lowest BCUT2D eigenvalue weighted by molar-refractivity contribution is -0.136. The second-order valence-electron chi connectivity index (χ2n) is 5.31. The number of primary amides is 1. The molecule has 0 saturated carbocycles. The number of aromatic amines is 1. The van der Waals surface area contributed by atoms with Crippen LogP contribution in [-0.4, -0.2) is 27.9 Å². The number of pyridine rings is 1. The molecule has 7 nitrogen and oxygen atoms in total. The van der Waals surface area contributed by atoms with Gasteiger partial charge in [-0.05, 0) is 23.8 Å². The van der Waals surface area contributed by atoms with Crippen LogP contribution >= 0.6 is 0 Å². The third-order valence-corrected chi connectivity index (χ3v) is 3.65. The van der Waals surface area contributed by atoms with Crippen molar-refractivity contribution in [3.05, 3.63) is 59.9 Å². The van der Waals surface area contributed by atoms with Gasteiger partial charge in [0.15, 0.2) is 0 Å². The van der Waals surface area contributed by atoms with Gasteiger partial charge in [0.2, 0.25) is 5.88 Å². The second-order valence-corrected chi connectivity index (χ2v) is 5.31.